The zero-order valence-corrected chi connectivity index (χ0v) is 16.6. The number of hydrogen-bond donors (Lipinski definition) is 2. The molecule has 148 valence electrons. The van der Waals surface area contributed by atoms with E-state index < -0.39 is 0 Å². The van der Waals surface area contributed by atoms with E-state index in [0.717, 1.165) is 22.1 Å². The van der Waals surface area contributed by atoms with Crippen molar-refractivity contribution in [3.05, 3.63) is 71.8 Å². The molecule has 3 rings (SSSR count). The monoisotopic (exact) mass is 389 g/mol. The Morgan fingerprint density at radius 3 is 2.48 bits per heavy atom. The maximum Gasteiger partial charge on any atom is 0.271 e. The van der Waals surface area contributed by atoms with Gasteiger partial charge in [0, 0.05) is 29.1 Å². The minimum atomic E-state index is -0.363. The Morgan fingerprint density at radius 2 is 1.76 bits per heavy atom. The number of rotatable bonds is 6. The lowest BCUT2D eigenvalue weighted by atomic mass is 10.0. The molecule has 29 heavy (non-hydrogen) atoms. The van der Waals surface area contributed by atoms with Crippen LogP contribution in [0.2, 0.25) is 0 Å². The number of nitrogens with zero attached hydrogens (tertiary/aromatic N) is 1. The largest absolute Gasteiger partial charge is 0.490 e. The van der Waals surface area contributed by atoms with Crippen molar-refractivity contribution in [1.29, 1.82) is 0 Å². The number of amides is 2. The summed E-state index contributed by atoms with van der Waals surface area (Å²) >= 11 is 0. The highest BCUT2D eigenvalue weighted by atomic mass is 16.5. The van der Waals surface area contributed by atoms with E-state index in [1.165, 1.54) is 6.92 Å². The Hall–Kier alpha value is -3.67. The summed E-state index contributed by atoms with van der Waals surface area (Å²) in [6.45, 7) is 5.39. The third-order valence-electron chi connectivity index (χ3n) is 4.10. The molecule has 2 amide bonds. The molecule has 6 nitrogen and oxygen atoms in total. The van der Waals surface area contributed by atoms with Crippen LogP contribution in [0.15, 0.2) is 65.8 Å². The SMILES string of the molecule is CC(=O)Nc1cccc(C(=O)N/N=C\c2ccc(OC(C)C)c3ccccc23)c1. The first-order chi connectivity index (χ1) is 13.9. The molecule has 0 bridgehead atoms. The average Bonchev–Trinajstić information content (AvgIpc) is 2.69. The molecular weight excluding hydrogens is 366 g/mol. The Kier molecular flexibility index (Phi) is 6.24. The molecule has 0 saturated heterocycles. The molecule has 0 heterocycles. The summed E-state index contributed by atoms with van der Waals surface area (Å²) in [7, 11) is 0. The Morgan fingerprint density at radius 1 is 1.00 bits per heavy atom. The summed E-state index contributed by atoms with van der Waals surface area (Å²) < 4.78 is 5.88. The van der Waals surface area contributed by atoms with E-state index in [2.05, 4.69) is 15.8 Å². The fourth-order valence-corrected chi connectivity index (χ4v) is 2.93. The normalized spacial score (nSPS) is 11.0. The van der Waals surface area contributed by atoms with Gasteiger partial charge in [-0.25, -0.2) is 5.43 Å². The van der Waals surface area contributed by atoms with Gasteiger partial charge in [0.15, 0.2) is 0 Å². The third-order valence-corrected chi connectivity index (χ3v) is 4.10. The molecule has 0 aliphatic carbocycles. The summed E-state index contributed by atoms with van der Waals surface area (Å²) in [4.78, 5) is 23.5. The van der Waals surface area contributed by atoms with E-state index in [1.807, 2.05) is 50.2 Å². The second-order valence-electron chi connectivity index (χ2n) is 6.83. The van der Waals surface area contributed by atoms with E-state index in [-0.39, 0.29) is 17.9 Å². The molecule has 2 N–H and O–H groups in total. The van der Waals surface area contributed by atoms with E-state index >= 15 is 0 Å². The minimum absolute atomic E-state index is 0.0745. The molecular formula is C23H23N3O3. The maximum absolute atomic E-state index is 12.4. The molecule has 0 unspecified atom stereocenters. The van der Waals surface area contributed by atoms with Crippen molar-refractivity contribution in [2.24, 2.45) is 5.10 Å². The average molecular weight is 389 g/mol. The van der Waals surface area contributed by atoms with Gasteiger partial charge in [-0.3, -0.25) is 9.59 Å². The summed E-state index contributed by atoms with van der Waals surface area (Å²) in [5, 5.41) is 8.72. The Bertz CT molecular complexity index is 1070. The van der Waals surface area contributed by atoms with E-state index in [0.29, 0.717) is 11.3 Å². The summed E-state index contributed by atoms with van der Waals surface area (Å²) in [6, 6.07) is 18.4. The third kappa shape index (κ3) is 5.19. The standard InChI is InChI=1S/C23H23N3O3/c1-15(2)29-22-12-11-18(20-9-4-5-10-21(20)22)14-24-26-23(28)17-7-6-8-19(13-17)25-16(3)27/h4-15H,1-3H3,(H,25,27)(H,26,28)/b24-14-. The van der Waals surface area contributed by atoms with Gasteiger partial charge in [0.05, 0.1) is 12.3 Å². The fourth-order valence-electron chi connectivity index (χ4n) is 2.93. The smallest absolute Gasteiger partial charge is 0.271 e. The van der Waals surface area contributed by atoms with Crippen molar-refractivity contribution in [3.63, 3.8) is 0 Å². The number of nitrogens with one attached hydrogen (secondary N) is 2. The number of carbonyl (C=O) groups is 2. The summed E-state index contributed by atoms with van der Waals surface area (Å²) in [5.74, 6) is 0.251. The number of fused-ring (bicyclic) bond motifs is 1. The van der Waals surface area contributed by atoms with Gasteiger partial charge in [0.25, 0.3) is 5.91 Å². The number of carbonyl (C=O) groups excluding carboxylic acids is 2. The molecule has 6 heteroatoms. The van der Waals surface area contributed by atoms with Crippen molar-refractivity contribution < 1.29 is 14.3 Å². The van der Waals surface area contributed by atoms with Gasteiger partial charge in [0.2, 0.25) is 5.91 Å². The zero-order chi connectivity index (χ0) is 20.8. The van der Waals surface area contributed by atoms with E-state index in [9.17, 15) is 9.59 Å². The van der Waals surface area contributed by atoms with Crippen LogP contribution in [0.3, 0.4) is 0 Å². The first-order valence-electron chi connectivity index (χ1n) is 9.33. The zero-order valence-electron chi connectivity index (χ0n) is 16.6. The first-order valence-corrected chi connectivity index (χ1v) is 9.33. The van der Waals surface area contributed by atoms with Gasteiger partial charge in [-0.1, -0.05) is 30.3 Å². The summed E-state index contributed by atoms with van der Waals surface area (Å²) in [5.41, 5.74) is 4.35. The molecule has 0 aromatic heterocycles. The number of hydrogen-bond acceptors (Lipinski definition) is 4. The molecule has 3 aromatic rings. The van der Waals surface area contributed by atoms with E-state index in [1.54, 1.807) is 30.5 Å². The lowest BCUT2D eigenvalue weighted by Gasteiger charge is -2.13. The molecule has 0 radical (unpaired) electrons. The van der Waals surface area contributed by atoms with Crippen molar-refractivity contribution >= 4 is 34.5 Å². The number of benzene rings is 3. The first kappa shape index (κ1) is 20.1. The molecule has 0 aliphatic rings. The van der Waals surface area contributed by atoms with Crippen molar-refractivity contribution in [2.45, 2.75) is 26.9 Å². The van der Waals surface area contributed by atoms with Gasteiger partial charge in [-0.05, 0) is 49.6 Å². The maximum atomic E-state index is 12.4. The van der Waals surface area contributed by atoms with Crippen LogP contribution in [0.5, 0.6) is 5.75 Å². The molecule has 0 spiro atoms. The van der Waals surface area contributed by atoms with Gasteiger partial charge < -0.3 is 10.1 Å². The highest BCUT2D eigenvalue weighted by Crippen LogP contribution is 2.28. The van der Waals surface area contributed by atoms with Crippen molar-refractivity contribution in [1.82, 2.24) is 5.43 Å². The van der Waals surface area contributed by atoms with Crippen LogP contribution < -0.4 is 15.5 Å². The molecule has 3 aromatic carbocycles. The van der Waals surface area contributed by atoms with Crippen LogP contribution in [0.1, 0.15) is 36.7 Å². The van der Waals surface area contributed by atoms with Crippen LogP contribution in [-0.2, 0) is 4.79 Å². The van der Waals surface area contributed by atoms with Gasteiger partial charge in [-0.2, -0.15) is 5.10 Å². The lowest BCUT2D eigenvalue weighted by molar-refractivity contribution is -0.114. The van der Waals surface area contributed by atoms with Gasteiger partial charge in [0.1, 0.15) is 5.75 Å². The number of anilines is 1. The lowest BCUT2D eigenvalue weighted by Crippen LogP contribution is -2.18. The van der Waals surface area contributed by atoms with Crippen LogP contribution in [0.4, 0.5) is 5.69 Å². The van der Waals surface area contributed by atoms with Crippen molar-refractivity contribution in [3.8, 4) is 5.75 Å². The number of ether oxygens (including phenoxy) is 1. The Balaban J connectivity index is 1.78. The topological polar surface area (TPSA) is 79.8 Å². The predicted molar refractivity (Wildman–Crippen MR) is 116 cm³/mol. The van der Waals surface area contributed by atoms with E-state index in [4.69, 9.17) is 4.74 Å². The second kappa shape index (κ2) is 9.01. The molecule has 0 aliphatic heterocycles. The molecule has 0 fully saturated rings. The highest BCUT2D eigenvalue weighted by molar-refractivity contribution is 6.03. The van der Waals surface area contributed by atoms with Gasteiger partial charge in [-0.15, -0.1) is 0 Å². The van der Waals surface area contributed by atoms with Crippen LogP contribution >= 0.6 is 0 Å². The fraction of sp³-hybridized carbons (Fsp3) is 0.174. The predicted octanol–water partition coefficient (Wildman–Crippen LogP) is 4.35. The van der Waals surface area contributed by atoms with Crippen LogP contribution in [-0.4, -0.2) is 24.1 Å². The molecule has 0 saturated carbocycles. The second-order valence-corrected chi connectivity index (χ2v) is 6.83. The van der Waals surface area contributed by atoms with Crippen molar-refractivity contribution in [2.75, 3.05) is 5.32 Å². The van der Waals surface area contributed by atoms with Crippen LogP contribution in [0.25, 0.3) is 10.8 Å². The highest BCUT2D eigenvalue weighted by Gasteiger charge is 2.08. The quantitative estimate of drug-likeness (QED) is 0.486. The number of hydrazone groups is 1. The van der Waals surface area contributed by atoms with Crippen LogP contribution in [0, 0.1) is 0 Å². The Labute approximate surface area is 169 Å². The molecule has 0 atom stereocenters. The van der Waals surface area contributed by atoms with Gasteiger partial charge >= 0.3 is 0 Å². The summed E-state index contributed by atoms with van der Waals surface area (Å²) in [6.07, 6.45) is 1.68. The minimum Gasteiger partial charge on any atom is -0.490 e.